The van der Waals surface area contributed by atoms with E-state index in [4.69, 9.17) is 9.26 Å². The van der Waals surface area contributed by atoms with Crippen LogP contribution in [0.25, 0.3) is 0 Å². The molecule has 19 heavy (non-hydrogen) atoms. The van der Waals surface area contributed by atoms with Gasteiger partial charge in [-0.15, -0.1) is 0 Å². The molecule has 0 aromatic carbocycles. The molecule has 2 rings (SSSR count). The second kappa shape index (κ2) is 7.01. The third-order valence-corrected chi connectivity index (χ3v) is 3.48. The molecule has 5 nitrogen and oxygen atoms in total. The van der Waals surface area contributed by atoms with E-state index >= 15 is 0 Å². The molecule has 2 unspecified atom stereocenters. The van der Waals surface area contributed by atoms with Gasteiger partial charge in [0.2, 0.25) is 11.7 Å². The minimum absolute atomic E-state index is 0.0358. The molecular formula is C14H25N3O2. The van der Waals surface area contributed by atoms with Gasteiger partial charge in [0.15, 0.2) is 0 Å². The highest BCUT2D eigenvalue weighted by molar-refractivity contribution is 4.98. The van der Waals surface area contributed by atoms with Crippen molar-refractivity contribution in [2.75, 3.05) is 13.2 Å². The van der Waals surface area contributed by atoms with Gasteiger partial charge in [0.25, 0.3) is 0 Å². The molecule has 0 radical (unpaired) electrons. The summed E-state index contributed by atoms with van der Waals surface area (Å²) in [6, 6.07) is 0.478. The van der Waals surface area contributed by atoms with Gasteiger partial charge in [-0.05, 0) is 45.6 Å². The minimum atomic E-state index is 0.0358. The quantitative estimate of drug-likeness (QED) is 0.745. The average molecular weight is 267 g/mol. The maximum absolute atomic E-state index is 5.73. The van der Waals surface area contributed by atoms with Crippen molar-refractivity contribution in [1.29, 1.82) is 0 Å². The highest BCUT2D eigenvalue weighted by atomic mass is 16.5. The van der Waals surface area contributed by atoms with Crippen LogP contribution in [0, 0.1) is 5.92 Å². The first kappa shape index (κ1) is 14.5. The summed E-state index contributed by atoms with van der Waals surface area (Å²) in [6.45, 7) is 7.99. The number of aryl methyl sites for hydroxylation is 1. The van der Waals surface area contributed by atoms with Gasteiger partial charge in [-0.2, -0.15) is 4.98 Å². The lowest BCUT2D eigenvalue weighted by atomic mass is 10.2. The molecule has 0 amide bonds. The van der Waals surface area contributed by atoms with Crippen molar-refractivity contribution in [1.82, 2.24) is 15.5 Å². The fourth-order valence-electron chi connectivity index (χ4n) is 2.28. The zero-order valence-corrected chi connectivity index (χ0v) is 12.2. The Hall–Kier alpha value is -0.940. The summed E-state index contributed by atoms with van der Waals surface area (Å²) in [4.78, 5) is 4.49. The van der Waals surface area contributed by atoms with Gasteiger partial charge in [0.1, 0.15) is 6.10 Å². The Kier molecular flexibility index (Phi) is 5.34. The molecule has 1 N–H and O–H groups in total. The Morgan fingerprint density at radius 1 is 1.42 bits per heavy atom. The van der Waals surface area contributed by atoms with Gasteiger partial charge < -0.3 is 14.6 Å². The fourth-order valence-corrected chi connectivity index (χ4v) is 2.28. The summed E-state index contributed by atoms with van der Waals surface area (Å²) in [7, 11) is 0. The maximum Gasteiger partial charge on any atom is 0.226 e. The molecule has 1 aromatic heterocycles. The number of rotatable bonds is 9. The predicted octanol–water partition coefficient (Wildman–Crippen LogP) is 2.49. The zero-order valence-electron chi connectivity index (χ0n) is 12.2. The Balaban J connectivity index is 1.86. The topological polar surface area (TPSA) is 60.2 Å². The number of nitrogens with one attached hydrogen (secondary N) is 1. The van der Waals surface area contributed by atoms with E-state index in [1.165, 1.54) is 12.8 Å². The molecule has 0 spiro atoms. The SMILES string of the molecule is CCNC(C)CCc1nc(C(OCC)C2CC2)no1. The normalized spacial score (nSPS) is 18.5. The third kappa shape index (κ3) is 4.28. The van der Waals surface area contributed by atoms with Gasteiger partial charge in [-0.1, -0.05) is 12.1 Å². The summed E-state index contributed by atoms with van der Waals surface area (Å²) in [5, 5.41) is 7.47. The predicted molar refractivity (Wildman–Crippen MR) is 72.8 cm³/mol. The maximum atomic E-state index is 5.73. The summed E-state index contributed by atoms with van der Waals surface area (Å²) in [5.41, 5.74) is 0. The molecule has 2 atom stereocenters. The zero-order chi connectivity index (χ0) is 13.7. The minimum Gasteiger partial charge on any atom is -0.370 e. The summed E-state index contributed by atoms with van der Waals surface area (Å²) in [6.07, 6.45) is 4.30. The van der Waals surface area contributed by atoms with Crippen molar-refractivity contribution >= 4 is 0 Å². The Morgan fingerprint density at radius 2 is 2.21 bits per heavy atom. The first-order valence-corrected chi connectivity index (χ1v) is 7.42. The van der Waals surface area contributed by atoms with Crippen LogP contribution < -0.4 is 5.32 Å². The van der Waals surface area contributed by atoms with Crippen molar-refractivity contribution in [2.24, 2.45) is 5.92 Å². The lowest BCUT2D eigenvalue weighted by Gasteiger charge is -2.11. The number of hydrogen-bond donors (Lipinski definition) is 1. The molecule has 1 aliphatic rings. The average Bonchev–Trinajstić information content (AvgIpc) is 3.12. The highest BCUT2D eigenvalue weighted by Gasteiger charge is 2.36. The molecule has 0 aliphatic heterocycles. The molecule has 0 bridgehead atoms. The van der Waals surface area contributed by atoms with E-state index in [1.54, 1.807) is 0 Å². The molecule has 1 aromatic rings. The number of nitrogens with zero attached hydrogens (tertiary/aromatic N) is 2. The van der Waals surface area contributed by atoms with Crippen LogP contribution in [0.3, 0.4) is 0 Å². The van der Waals surface area contributed by atoms with E-state index in [0.29, 0.717) is 18.6 Å². The summed E-state index contributed by atoms with van der Waals surface area (Å²) in [5.74, 6) is 2.05. The van der Waals surface area contributed by atoms with Crippen molar-refractivity contribution in [3.05, 3.63) is 11.7 Å². The second-order valence-corrected chi connectivity index (χ2v) is 5.26. The fraction of sp³-hybridized carbons (Fsp3) is 0.857. The Morgan fingerprint density at radius 3 is 2.84 bits per heavy atom. The van der Waals surface area contributed by atoms with Crippen molar-refractivity contribution in [3.63, 3.8) is 0 Å². The second-order valence-electron chi connectivity index (χ2n) is 5.26. The van der Waals surface area contributed by atoms with E-state index in [0.717, 1.165) is 31.1 Å². The molecule has 1 aliphatic carbocycles. The van der Waals surface area contributed by atoms with Crippen molar-refractivity contribution in [3.8, 4) is 0 Å². The van der Waals surface area contributed by atoms with E-state index in [2.05, 4.69) is 29.3 Å². The number of ether oxygens (including phenoxy) is 1. The monoisotopic (exact) mass is 267 g/mol. The molecule has 1 saturated carbocycles. The smallest absolute Gasteiger partial charge is 0.226 e. The first-order valence-electron chi connectivity index (χ1n) is 7.42. The van der Waals surface area contributed by atoms with Crippen molar-refractivity contribution in [2.45, 2.75) is 58.6 Å². The molecule has 5 heteroatoms. The van der Waals surface area contributed by atoms with Crippen LogP contribution in [-0.4, -0.2) is 29.3 Å². The Labute approximate surface area is 115 Å². The summed E-state index contributed by atoms with van der Waals surface area (Å²) >= 11 is 0. The van der Waals surface area contributed by atoms with Crippen molar-refractivity contribution < 1.29 is 9.26 Å². The van der Waals surface area contributed by atoms with Gasteiger partial charge in [0.05, 0.1) is 0 Å². The Bertz CT molecular complexity index is 377. The lowest BCUT2D eigenvalue weighted by Crippen LogP contribution is -2.25. The van der Waals surface area contributed by atoms with Crippen LogP contribution in [0.2, 0.25) is 0 Å². The first-order chi connectivity index (χ1) is 9.24. The largest absolute Gasteiger partial charge is 0.370 e. The summed E-state index contributed by atoms with van der Waals surface area (Å²) < 4.78 is 11.1. The van der Waals surface area contributed by atoms with Gasteiger partial charge in [0, 0.05) is 19.1 Å². The molecule has 1 heterocycles. The van der Waals surface area contributed by atoms with E-state index in [-0.39, 0.29) is 6.10 Å². The number of hydrogen-bond acceptors (Lipinski definition) is 5. The molecule has 1 fully saturated rings. The van der Waals surface area contributed by atoms with Crippen LogP contribution in [0.5, 0.6) is 0 Å². The van der Waals surface area contributed by atoms with Crippen LogP contribution in [-0.2, 0) is 11.2 Å². The van der Waals surface area contributed by atoms with E-state index in [9.17, 15) is 0 Å². The van der Waals surface area contributed by atoms with Crippen LogP contribution >= 0.6 is 0 Å². The van der Waals surface area contributed by atoms with Crippen LogP contribution in [0.1, 0.15) is 57.9 Å². The van der Waals surface area contributed by atoms with E-state index < -0.39 is 0 Å². The highest BCUT2D eigenvalue weighted by Crippen LogP contribution is 2.42. The van der Waals surface area contributed by atoms with Gasteiger partial charge >= 0.3 is 0 Å². The third-order valence-electron chi connectivity index (χ3n) is 3.48. The molecule has 108 valence electrons. The van der Waals surface area contributed by atoms with Gasteiger partial charge in [-0.25, -0.2) is 0 Å². The number of aromatic nitrogens is 2. The van der Waals surface area contributed by atoms with Gasteiger partial charge in [-0.3, -0.25) is 0 Å². The standard InChI is InChI=1S/C14H25N3O2/c1-4-15-10(3)6-9-12-16-14(17-19-12)13(18-5-2)11-7-8-11/h10-11,13,15H,4-9H2,1-3H3. The molecule has 0 saturated heterocycles. The van der Waals surface area contributed by atoms with Crippen LogP contribution in [0.15, 0.2) is 4.52 Å². The van der Waals surface area contributed by atoms with E-state index in [1.807, 2.05) is 6.92 Å². The van der Waals surface area contributed by atoms with Crippen LogP contribution in [0.4, 0.5) is 0 Å². The lowest BCUT2D eigenvalue weighted by molar-refractivity contribution is 0.0384. The molecular weight excluding hydrogens is 242 g/mol.